The predicted molar refractivity (Wildman–Crippen MR) is 164 cm³/mol. The molecule has 0 saturated heterocycles. The molecule has 4 aliphatic heterocycles. The van der Waals surface area contributed by atoms with Gasteiger partial charge in [-0.15, -0.1) is 0 Å². The fourth-order valence-electron chi connectivity index (χ4n) is 5.90. The quantitative estimate of drug-likeness (QED) is 0.159. The van der Waals surface area contributed by atoms with Crippen molar-refractivity contribution in [2.75, 3.05) is 0 Å². The van der Waals surface area contributed by atoms with E-state index in [1.807, 2.05) is 0 Å². The summed E-state index contributed by atoms with van der Waals surface area (Å²) in [6.45, 7) is 0. The van der Waals surface area contributed by atoms with E-state index in [4.69, 9.17) is 9.47 Å². The molecule has 4 heterocycles. The van der Waals surface area contributed by atoms with Gasteiger partial charge in [0.15, 0.2) is 35.3 Å². The van der Waals surface area contributed by atoms with Crippen LogP contribution in [0.15, 0.2) is 119 Å². The molecule has 0 radical (unpaired) electrons. The molecule has 46 heavy (non-hydrogen) atoms. The van der Waals surface area contributed by atoms with Crippen LogP contribution in [0.3, 0.4) is 0 Å². The summed E-state index contributed by atoms with van der Waals surface area (Å²) in [6, 6.07) is 29.4. The molecule has 0 aromatic heterocycles. The number of ketones is 2. The highest BCUT2D eigenvalue weighted by atomic mass is 32.2. The molecule has 0 fully saturated rings. The van der Waals surface area contributed by atoms with E-state index >= 15 is 0 Å². The van der Waals surface area contributed by atoms with Crippen LogP contribution in [0.5, 0.6) is 11.5 Å². The normalized spacial score (nSPS) is 16.5. The van der Waals surface area contributed by atoms with Gasteiger partial charge in [0.2, 0.25) is 0 Å². The number of hydrogen-bond donors (Lipinski definition) is 2. The van der Waals surface area contributed by atoms with E-state index in [0.29, 0.717) is 33.4 Å². The molecule has 5 aromatic rings. The van der Waals surface area contributed by atoms with Crippen LogP contribution in [-0.2, 0) is 20.2 Å². The second-order valence-corrected chi connectivity index (χ2v) is 13.4. The zero-order valence-corrected chi connectivity index (χ0v) is 25.2. The van der Waals surface area contributed by atoms with E-state index in [9.17, 15) is 35.5 Å². The van der Waals surface area contributed by atoms with Crippen molar-refractivity contribution < 1.29 is 45.0 Å². The van der Waals surface area contributed by atoms with Crippen molar-refractivity contribution in [1.29, 1.82) is 0 Å². The third kappa shape index (κ3) is 4.88. The SMILES string of the molecule is O=C(c1ccccc1)c1ccc(C2Oc3c4c(S(=O)(=O)O)c2c(c3S(=O)(=O)O)C(c2ccc(C(=O)c3ccccc3)cc2)O4)cc1. The molecule has 0 amide bonds. The van der Waals surface area contributed by atoms with E-state index in [2.05, 4.69) is 0 Å². The molecule has 2 unspecified atom stereocenters. The van der Waals surface area contributed by atoms with E-state index in [0.717, 1.165) is 0 Å². The van der Waals surface area contributed by atoms with Crippen molar-refractivity contribution in [1.82, 2.24) is 0 Å². The third-order valence-electron chi connectivity index (χ3n) is 7.93. The maximum atomic E-state index is 12.9. The summed E-state index contributed by atoms with van der Waals surface area (Å²) in [5.41, 5.74) is 1.82. The van der Waals surface area contributed by atoms with E-state index < -0.39 is 53.7 Å². The Morgan fingerprint density at radius 2 is 0.783 bits per heavy atom. The van der Waals surface area contributed by atoms with Crippen LogP contribution in [0.2, 0.25) is 0 Å². The molecule has 0 aliphatic carbocycles. The average molecular weight is 655 g/mol. The minimum absolute atomic E-state index is 0.233. The monoisotopic (exact) mass is 654 g/mol. The number of carbonyl (C=O) groups is 2. The van der Waals surface area contributed by atoms with Gasteiger partial charge in [-0.25, -0.2) is 0 Å². The molecule has 2 atom stereocenters. The minimum atomic E-state index is -5.00. The summed E-state index contributed by atoms with van der Waals surface area (Å²) in [5.74, 6) is -1.64. The van der Waals surface area contributed by atoms with E-state index in [-0.39, 0.29) is 22.7 Å². The summed E-state index contributed by atoms with van der Waals surface area (Å²) in [5, 5.41) is 0. The summed E-state index contributed by atoms with van der Waals surface area (Å²) in [4.78, 5) is 24.5. The Bertz CT molecular complexity index is 2100. The number of benzene rings is 5. The highest BCUT2D eigenvalue weighted by Gasteiger charge is 2.51. The maximum Gasteiger partial charge on any atom is 0.298 e. The van der Waals surface area contributed by atoms with Gasteiger partial charge in [-0.1, -0.05) is 109 Å². The zero-order chi connectivity index (χ0) is 32.4. The molecule has 12 heteroatoms. The van der Waals surface area contributed by atoms with Gasteiger partial charge in [0.1, 0.15) is 9.79 Å². The molecular weight excluding hydrogens is 632 g/mol. The Morgan fingerprint density at radius 1 is 0.478 bits per heavy atom. The maximum absolute atomic E-state index is 12.9. The van der Waals surface area contributed by atoms with E-state index in [1.165, 1.54) is 48.5 Å². The van der Waals surface area contributed by atoms with Gasteiger partial charge in [0.25, 0.3) is 20.2 Å². The van der Waals surface area contributed by atoms with Gasteiger partial charge in [-0.05, 0) is 11.1 Å². The average Bonchev–Trinajstić information content (AvgIpc) is 3.06. The molecule has 4 aliphatic rings. The van der Waals surface area contributed by atoms with Gasteiger partial charge in [-0.3, -0.25) is 18.7 Å². The molecule has 0 spiro atoms. The standard InChI is InChI=1S/C34H22O10S2/c35-27(19-7-3-1-4-8-19)21-11-15-23(16-12-21)29-25-26-30(24-17-13-22(14-18-24)28(36)20-9-5-2-6-10-20)44-32(33(25)45(37,38)39)31(43-29)34(26)46(40,41)42/h1-18,29-30H,(H,37,38,39)(H,40,41,42). The number of rotatable bonds is 8. The molecule has 230 valence electrons. The number of ether oxygens (including phenoxy) is 2. The first-order valence-corrected chi connectivity index (χ1v) is 16.7. The highest BCUT2D eigenvalue weighted by molar-refractivity contribution is 7.86. The number of hydrogen-bond acceptors (Lipinski definition) is 8. The zero-order valence-electron chi connectivity index (χ0n) is 23.5. The summed E-state index contributed by atoms with van der Waals surface area (Å²) in [7, 11) is -10.0. The van der Waals surface area contributed by atoms with Crippen molar-refractivity contribution in [3.63, 3.8) is 0 Å². The van der Waals surface area contributed by atoms with Crippen LogP contribution in [0, 0.1) is 0 Å². The summed E-state index contributed by atoms with van der Waals surface area (Å²) < 4.78 is 83.2. The Kier molecular flexibility index (Phi) is 6.90. The van der Waals surface area contributed by atoms with Crippen LogP contribution >= 0.6 is 0 Å². The molecule has 9 rings (SSSR count). The van der Waals surface area contributed by atoms with E-state index in [1.54, 1.807) is 60.7 Å². The van der Waals surface area contributed by atoms with Crippen LogP contribution < -0.4 is 9.47 Å². The predicted octanol–water partition coefficient (Wildman–Crippen LogP) is 5.61. The number of fused-ring (bicyclic) bond motifs is 2. The van der Waals surface area contributed by atoms with Gasteiger partial charge in [0, 0.05) is 33.4 Å². The first kappa shape index (κ1) is 29.6. The number of carbonyl (C=O) groups excluding carboxylic acids is 2. The molecule has 10 nitrogen and oxygen atoms in total. The fraction of sp³-hybridized carbons (Fsp3) is 0.0588. The Balaban J connectivity index is 1.34. The molecule has 4 bridgehead atoms. The molecule has 0 saturated carbocycles. The summed E-state index contributed by atoms with van der Waals surface area (Å²) >= 11 is 0. The van der Waals surface area contributed by atoms with Crippen molar-refractivity contribution in [3.8, 4) is 11.5 Å². The van der Waals surface area contributed by atoms with Crippen LogP contribution in [-0.4, -0.2) is 37.5 Å². The second kappa shape index (κ2) is 10.7. The van der Waals surface area contributed by atoms with Crippen molar-refractivity contribution in [2.24, 2.45) is 0 Å². The first-order chi connectivity index (χ1) is 21.9. The smallest absolute Gasteiger partial charge is 0.298 e. The lowest BCUT2D eigenvalue weighted by molar-refractivity contribution is 0.103. The first-order valence-electron chi connectivity index (χ1n) is 13.8. The Hall–Kier alpha value is -5.14. The Morgan fingerprint density at radius 3 is 1.09 bits per heavy atom. The third-order valence-corrected chi connectivity index (χ3v) is 9.78. The van der Waals surface area contributed by atoms with Crippen molar-refractivity contribution >= 4 is 31.8 Å². The molecular formula is C34H22O10S2. The van der Waals surface area contributed by atoms with Gasteiger partial charge in [0.05, 0.1) is 0 Å². The molecule has 2 N–H and O–H groups in total. The van der Waals surface area contributed by atoms with Gasteiger partial charge in [-0.2, -0.15) is 16.8 Å². The largest absolute Gasteiger partial charge is 0.475 e. The molecule has 5 aromatic carbocycles. The second-order valence-electron chi connectivity index (χ2n) is 10.7. The lowest BCUT2D eigenvalue weighted by Gasteiger charge is -2.41. The summed E-state index contributed by atoms with van der Waals surface area (Å²) in [6.07, 6.45) is -2.50. The van der Waals surface area contributed by atoms with Crippen LogP contribution in [0.4, 0.5) is 0 Å². The van der Waals surface area contributed by atoms with Crippen molar-refractivity contribution in [2.45, 2.75) is 22.0 Å². The van der Waals surface area contributed by atoms with Gasteiger partial charge >= 0.3 is 0 Å². The van der Waals surface area contributed by atoms with Crippen molar-refractivity contribution in [3.05, 3.63) is 154 Å². The van der Waals surface area contributed by atoms with Gasteiger partial charge < -0.3 is 9.47 Å². The lowest BCUT2D eigenvalue weighted by Crippen LogP contribution is -2.34. The van der Waals surface area contributed by atoms with Crippen LogP contribution in [0.25, 0.3) is 0 Å². The Labute approximate surface area is 263 Å². The fourth-order valence-corrected chi connectivity index (χ4v) is 7.64. The topological polar surface area (TPSA) is 161 Å². The lowest BCUT2D eigenvalue weighted by atomic mass is 9.85. The minimum Gasteiger partial charge on any atom is -0.475 e. The van der Waals surface area contributed by atoms with Crippen LogP contribution in [0.1, 0.15) is 66.3 Å². The highest BCUT2D eigenvalue weighted by Crippen LogP contribution is 2.61.